The Balaban J connectivity index is 2.35. The molecule has 112 valence electrons. The third-order valence-corrected chi connectivity index (χ3v) is 3.77. The number of hydrogen-bond acceptors (Lipinski definition) is 3. The number of anilines is 1. The lowest BCUT2D eigenvalue weighted by atomic mass is 10.0. The van der Waals surface area contributed by atoms with Crippen molar-refractivity contribution in [1.29, 1.82) is 5.41 Å². The molecule has 2 aromatic rings. The van der Waals surface area contributed by atoms with Gasteiger partial charge in [-0.15, -0.1) is 0 Å². The van der Waals surface area contributed by atoms with E-state index in [4.69, 9.17) is 11.1 Å². The monoisotopic (exact) mass is 313 g/mol. The van der Waals surface area contributed by atoms with Gasteiger partial charge in [-0.2, -0.15) is 24.5 Å². The number of amidine groups is 1. The largest absolute Gasteiger partial charge is 0.417 e. The molecule has 1 aromatic carbocycles. The fourth-order valence-corrected chi connectivity index (χ4v) is 2.65. The van der Waals surface area contributed by atoms with Crippen LogP contribution in [-0.2, 0) is 12.7 Å². The molecule has 7 heteroatoms. The number of nitrogens with one attached hydrogen (secondary N) is 1. The standard InChI is InChI=1S/C14H14F3N3S/c1-20(7-9-4-5-21-8-9)10-2-3-11(13(18)19)12(6-10)14(15,16)17/h2-6,8H,7H2,1H3,(H3,18,19). The highest BCUT2D eigenvalue weighted by Gasteiger charge is 2.34. The minimum absolute atomic E-state index is 0.296. The Hall–Kier alpha value is -2.02. The number of hydrogen-bond donors (Lipinski definition) is 2. The van der Waals surface area contributed by atoms with Crippen LogP contribution in [0.3, 0.4) is 0 Å². The summed E-state index contributed by atoms with van der Waals surface area (Å²) < 4.78 is 39.2. The van der Waals surface area contributed by atoms with Crippen molar-refractivity contribution >= 4 is 22.9 Å². The van der Waals surface area contributed by atoms with E-state index in [0.717, 1.165) is 11.6 Å². The van der Waals surface area contributed by atoms with E-state index in [2.05, 4.69) is 0 Å². The molecule has 0 bridgehead atoms. The second-order valence-electron chi connectivity index (χ2n) is 4.63. The first kappa shape index (κ1) is 15.4. The third kappa shape index (κ3) is 3.55. The van der Waals surface area contributed by atoms with Gasteiger partial charge in [0.25, 0.3) is 0 Å². The van der Waals surface area contributed by atoms with Gasteiger partial charge in [0, 0.05) is 24.8 Å². The average Bonchev–Trinajstić information content (AvgIpc) is 2.89. The number of benzene rings is 1. The van der Waals surface area contributed by atoms with Gasteiger partial charge in [0.1, 0.15) is 5.84 Å². The highest BCUT2D eigenvalue weighted by molar-refractivity contribution is 7.07. The molecule has 0 radical (unpaired) electrons. The molecule has 21 heavy (non-hydrogen) atoms. The maximum absolute atomic E-state index is 13.1. The predicted molar refractivity (Wildman–Crippen MR) is 78.9 cm³/mol. The fraction of sp³-hybridized carbons (Fsp3) is 0.214. The SMILES string of the molecule is CN(Cc1ccsc1)c1ccc(C(=N)N)c(C(F)(F)F)c1. The highest BCUT2D eigenvalue weighted by atomic mass is 32.1. The maximum Gasteiger partial charge on any atom is 0.417 e. The first-order valence-electron chi connectivity index (χ1n) is 6.07. The second kappa shape index (κ2) is 5.77. The summed E-state index contributed by atoms with van der Waals surface area (Å²) in [6.07, 6.45) is -4.54. The van der Waals surface area contributed by atoms with E-state index in [-0.39, 0.29) is 5.56 Å². The van der Waals surface area contributed by atoms with E-state index in [9.17, 15) is 13.2 Å². The van der Waals surface area contributed by atoms with Gasteiger partial charge in [0.05, 0.1) is 5.56 Å². The molecule has 0 saturated heterocycles. The number of alkyl halides is 3. The smallest absolute Gasteiger partial charge is 0.384 e. The molecule has 1 aromatic heterocycles. The number of thiophene rings is 1. The molecule has 3 N–H and O–H groups in total. The summed E-state index contributed by atoms with van der Waals surface area (Å²) in [6, 6.07) is 5.74. The van der Waals surface area contributed by atoms with Crippen LogP contribution in [0.2, 0.25) is 0 Å². The lowest BCUT2D eigenvalue weighted by Crippen LogP contribution is -2.21. The molecule has 1 heterocycles. The van der Waals surface area contributed by atoms with Gasteiger partial charge in [0.15, 0.2) is 0 Å². The number of halogens is 3. The molecule has 0 unspecified atom stereocenters. The quantitative estimate of drug-likeness (QED) is 0.668. The van der Waals surface area contributed by atoms with Crippen LogP contribution in [0.1, 0.15) is 16.7 Å². The maximum atomic E-state index is 13.1. The lowest BCUT2D eigenvalue weighted by molar-refractivity contribution is -0.137. The highest BCUT2D eigenvalue weighted by Crippen LogP contribution is 2.34. The van der Waals surface area contributed by atoms with Crippen LogP contribution < -0.4 is 10.6 Å². The summed E-state index contributed by atoms with van der Waals surface area (Å²) in [6.45, 7) is 0.514. The molecule has 0 spiro atoms. The van der Waals surface area contributed by atoms with E-state index in [1.807, 2.05) is 16.8 Å². The van der Waals surface area contributed by atoms with Crippen molar-refractivity contribution in [1.82, 2.24) is 0 Å². The van der Waals surface area contributed by atoms with Gasteiger partial charge < -0.3 is 10.6 Å². The lowest BCUT2D eigenvalue weighted by Gasteiger charge is -2.21. The summed E-state index contributed by atoms with van der Waals surface area (Å²) in [5.41, 5.74) is 5.50. The van der Waals surface area contributed by atoms with E-state index in [0.29, 0.717) is 12.2 Å². The number of rotatable bonds is 4. The minimum Gasteiger partial charge on any atom is -0.384 e. The van der Waals surface area contributed by atoms with Crippen molar-refractivity contribution in [2.24, 2.45) is 5.73 Å². The Morgan fingerprint density at radius 1 is 1.33 bits per heavy atom. The minimum atomic E-state index is -4.54. The van der Waals surface area contributed by atoms with Crippen molar-refractivity contribution in [2.75, 3.05) is 11.9 Å². The van der Waals surface area contributed by atoms with Crippen LogP contribution in [0.4, 0.5) is 18.9 Å². The molecule has 0 amide bonds. The molecule has 0 aliphatic heterocycles. The zero-order valence-electron chi connectivity index (χ0n) is 11.2. The van der Waals surface area contributed by atoms with Gasteiger partial charge in [-0.25, -0.2) is 0 Å². The van der Waals surface area contributed by atoms with Crippen LogP contribution in [-0.4, -0.2) is 12.9 Å². The summed E-state index contributed by atoms with van der Waals surface area (Å²) in [5, 5.41) is 11.1. The van der Waals surface area contributed by atoms with Gasteiger partial charge >= 0.3 is 6.18 Å². The van der Waals surface area contributed by atoms with Crippen LogP contribution >= 0.6 is 11.3 Å². The second-order valence-corrected chi connectivity index (χ2v) is 5.41. The van der Waals surface area contributed by atoms with Crippen LogP contribution in [0.5, 0.6) is 0 Å². The van der Waals surface area contributed by atoms with Crippen LogP contribution in [0, 0.1) is 5.41 Å². The fourth-order valence-electron chi connectivity index (χ4n) is 1.99. The molecule has 0 atom stereocenters. The Bertz CT molecular complexity index is 635. The predicted octanol–water partition coefficient (Wildman–Crippen LogP) is 3.69. The normalized spacial score (nSPS) is 11.4. The van der Waals surface area contributed by atoms with Crippen LogP contribution in [0.25, 0.3) is 0 Å². The van der Waals surface area contributed by atoms with Crippen LogP contribution in [0.15, 0.2) is 35.0 Å². The van der Waals surface area contributed by atoms with Crippen molar-refractivity contribution in [3.63, 3.8) is 0 Å². The first-order valence-corrected chi connectivity index (χ1v) is 7.01. The molecular weight excluding hydrogens is 299 g/mol. The van der Waals surface area contributed by atoms with Gasteiger partial charge in [-0.05, 0) is 40.6 Å². The van der Waals surface area contributed by atoms with E-state index < -0.39 is 17.6 Å². The molecule has 0 fully saturated rings. The first-order chi connectivity index (χ1) is 9.79. The van der Waals surface area contributed by atoms with E-state index >= 15 is 0 Å². The van der Waals surface area contributed by atoms with Gasteiger partial charge in [-0.1, -0.05) is 0 Å². The Morgan fingerprint density at radius 2 is 2.05 bits per heavy atom. The molecule has 3 nitrogen and oxygen atoms in total. The number of nitrogens with two attached hydrogens (primary N) is 1. The van der Waals surface area contributed by atoms with Crippen molar-refractivity contribution in [2.45, 2.75) is 12.7 Å². The zero-order chi connectivity index (χ0) is 15.6. The Kier molecular flexibility index (Phi) is 4.22. The third-order valence-electron chi connectivity index (χ3n) is 3.04. The van der Waals surface area contributed by atoms with Gasteiger partial charge in [-0.3, -0.25) is 5.41 Å². The molecule has 0 aliphatic carbocycles. The topological polar surface area (TPSA) is 53.1 Å². The number of nitrogen functional groups attached to an aromatic ring is 1. The number of nitrogens with zero attached hydrogens (tertiary/aromatic N) is 1. The Morgan fingerprint density at radius 3 is 2.57 bits per heavy atom. The molecule has 2 rings (SSSR count). The van der Waals surface area contributed by atoms with E-state index in [1.54, 1.807) is 18.0 Å². The molecule has 0 aliphatic rings. The summed E-state index contributed by atoms with van der Waals surface area (Å²) in [5.74, 6) is -0.589. The van der Waals surface area contributed by atoms with Crippen molar-refractivity contribution in [3.05, 3.63) is 51.7 Å². The summed E-state index contributed by atoms with van der Waals surface area (Å²) in [4.78, 5) is 1.72. The van der Waals surface area contributed by atoms with Gasteiger partial charge in [0.2, 0.25) is 0 Å². The van der Waals surface area contributed by atoms with Crippen molar-refractivity contribution in [3.8, 4) is 0 Å². The summed E-state index contributed by atoms with van der Waals surface area (Å²) >= 11 is 1.54. The van der Waals surface area contributed by atoms with E-state index in [1.165, 1.54) is 17.4 Å². The Labute approximate surface area is 124 Å². The molecular formula is C14H14F3N3S. The molecule has 0 saturated carbocycles. The average molecular weight is 313 g/mol. The van der Waals surface area contributed by atoms with Crippen molar-refractivity contribution < 1.29 is 13.2 Å². The zero-order valence-corrected chi connectivity index (χ0v) is 12.1. The summed E-state index contributed by atoms with van der Waals surface area (Å²) in [7, 11) is 1.72.